The van der Waals surface area contributed by atoms with Crippen LogP contribution in [0.4, 0.5) is 4.39 Å². The quantitative estimate of drug-likeness (QED) is 0.812. The second-order valence-electron chi connectivity index (χ2n) is 5.71. The summed E-state index contributed by atoms with van der Waals surface area (Å²) in [5, 5.41) is 13.6. The third-order valence-electron chi connectivity index (χ3n) is 4.16. The lowest BCUT2D eigenvalue weighted by Gasteiger charge is -2.28. The third-order valence-corrected chi connectivity index (χ3v) is 4.16. The number of nitrogens with one attached hydrogen (secondary N) is 2. The Balaban J connectivity index is 1.68. The first kappa shape index (κ1) is 14.1. The predicted octanol–water partition coefficient (Wildman–Crippen LogP) is 2.27. The van der Waals surface area contributed by atoms with Crippen molar-refractivity contribution in [3.8, 4) is 0 Å². The van der Waals surface area contributed by atoms with Crippen LogP contribution in [0.2, 0.25) is 0 Å². The summed E-state index contributed by atoms with van der Waals surface area (Å²) >= 11 is 0. The lowest BCUT2D eigenvalue weighted by molar-refractivity contribution is -0.122. The van der Waals surface area contributed by atoms with Gasteiger partial charge in [-0.1, -0.05) is 12.8 Å². The molecule has 21 heavy (non-hydrogen) atoms. The minimum absolute atomic E-state index is 0.105. The molecule has 2 atom stereocenters. The monoisotopic (exact) mass is 290 g/mol. The van der Waals surface area contributed by atoms with Crippen LogP contribution < -0.4 is 5.32 Å². The van der Waals surface area contributed by atoms with Crippen LogP contribution in [0, 0.1) is 5.82 Å². The van der Waals surface area contributed by atoms with E-state index < -0.39 is 6.10 Å². The van der Waals surface area contributed by atoms with Gasteiger partial charge in [0.15, 0.2) is 0 Å². The molecule has 1 fully saturated rings. The number of fused-ring (bicyclic) bond motifs is 1. The Hall–Kier alpha value is -1.88. The van der Waals surface area contributed by atoms with Gasteiger partial charge in [0.2, 0.25) is 5.91 Å². The zero-order chi connectivity index (χ0) is 14.8. The second kappa shape index (κ2) is 5.85. The van der Waals surface area contributed by atoms with Crippen molar-refractivity contribution >= 4 is 16.8 Å². The molecule has 2 aromatic rings. The number of hydrogen-bond acceptors (Lipinski definition) is 2. The lowest BCUT2D eigenvalue weighted by atomic mass is 9.92. The van der Waals surface area contributed by atoms with E-state index in [0.717, 1.165) is 36.6 Å². The first-order valence-corrected chi connectivity index (χ1v) is 7.36. The van der Waals surface area contributed by atoms with E-state index in [-0.39, 0.29) is 24.2 Å². The minimum atomic E-state index is -0.445. The highest BCUT2D eigenvalue weighted by atomic mass is 19.1. The van der Waals surface area contributed by atoms with Crippen LogP contribution in [0.3, 0.4) is 0 Å². The van der Waals surface area contributed by atoms with Crippen molar-refractivity contribution in [3.05, 3.63) is 35.8 Å². The van der Waals surface area contributed by atoms with Gasteiger partial charge < -0.3 is 15.4 Å². The molecular formula is C16H19FN2O2. The highest BCUT2D eigenvalue weighted by Crippen LogP contribution is 2.21. The number of amides is 1. The number of benzene rings is 1. The van der Waals surface area contributed by atoms with Gasteiger partial charge in [0.1, 0.15) is 5.82 Å². The molecule has 1 aromatic carbocycles. The first-order valence-electron chi connectivity index (χ1n) is 7.36. The summed E-state index contributed by atoms with van der Waals surface area (Å²) in [5.74, 6) is -0.406. The second-order valence-corrected chi connectivity index (χ2v) is 5.71. The van der Waals surface area contributed by atoms with Gasteiger partial charge in [0.05, 0.1) is 18.6 Å². The van der Waals surface area contributed by atoms with Crippen LogP contribution in [0.25, 0.3) is 10.9 Å². The maximum Gasteiger partial charge on any atom is 0.224 e. The van der Waals surface area contributed by atoms with Gasteiger partial charge >= 0.3 is 0 Å². The maximum atomic E-state index is 13.1. The Labute approximate surface area is 122 Å². The molecule has 1 heterocycles. The number of aromatic nitrogens is 1. The standard InChI is InChI=1S/C16H19FN2O2/c17-11-5-6-12-10(9-18-14(12)8-11)7-16(21)19-13-3-1-2-4-15(13)20/h5-6,8-9,13,15,18,20H,1-4,7H2,(H,19,21). The number of aromatic amines is 1. The fourth-order valence-electron chi connectivity index (χ4n) is 3.02. The molecule has 1 saturated carbocycles. The molecule has 0 bridgehead atoms. The zero-order valence-corrected chi connectivity index (χ0v) is 11.7. The topological polar surface area (TPSA) is 65.1 Å². The van der Waals surface area contributed by atoms with Crippen molar-refractivity contribution in [2.75, 3.05) is 0 Å². The molecule has 4 nitrogen and oxygen atoms in total. The smallest absolute Gasteiger partial charge is 0.224 e. The molecule has 5 heteroatoms. The van der Waals surface area contributed by atoms with Crippen LogP contribution >= 0.6 is 0 Å². The van der Waals surface area contributed by atoms with Crippen molar-refractivity contribution in [2.45, 2.75) is 44.2 Å². The van der Waals surface area contributed by atoms with Gasteiger partial charge in [-0.15, -0.1) is 0 Å². The molecule has 1 aliphatic rings. The number of halogens is 1. The van der Waals surface area contributed by atoms with Gasteiger partial charge in [-0.3, -0.25) is 4.79 Å². The van der Waals surface area contributed by atoms with Gasteiger partial charge in [-0.25, -0.2) is 4.39 Å². The molecular weight excluding hydrogens is 271 g/mol. The molecule has 3 rings (SSSR count). The van der Waals surface area contributed by atoms with Crippen molar-refractivity contribution in [2.24, 2.45) is 0 Å². The van der Waals surface area contributed by atoms with Crippen molar-refractivity contribution in [3.63, 3.8) is 0 Å². The Morgan fingerprint density at radius 3 is 3.00 bits per heavy atom. The number of aliphatic hydroxyl groups excluding tert-OH is 1. The van der Waals surface area contributed by atoms with E-state index in [4.69, 9.17) is 0 Å². The number of H-pyrrole nitrogens is 1. The van der Waals surface area contributed by atoms with E-state index in [1.165, 1.54) is 12.1 Å². The van der Waals surface area contributed by atoms with Crippen LogP contribution in [-0.4, -0.2) is 28.1 Å². The molecule has 0 saturated heterocycles. The minimum Gasteiger partial charge on any atom is -0.391 e. The molecule has 0 radical (unpaired) electrons. The molecule has 3 N–H and O–H groups in total. The summed E-state index contributed by atoms with van der Waals surface area (Å²) in [6, 6.07) is 4.34. The molecule has 1 aromatic heterocycles. The Morgan fingerprint density at radius 1 is 1.38 bits per heavy atom. The predicted molar refractivity (Wildman–Crippen MR) is 78.4 cm³/mol. The maximum absolute atomic E-state index is 13.1. The Bertz CT molecular complexity index is 653. The average Bonchev–Trinajstić information content (AvgIpc) is 2.83. The molecule has 112 valence electrons. The van der Waals surface area contributed by atoms with E-state index >= 15 is 0 Å². The van der Waals surface area contributed by atoms with Crippen molar-refractivity contribution < 1.29 is 14.3 Å². The largest absolute Gasteiger partial charge is 0.391 e. The molecule has 1 amide bonds. The van der Waals surface area contributed by atoms with Gasteiger partial charge in [-0.05, 0) is 36.6 Å². The molecule has 2 unspecified atom stereocenters. The van der Waals surface area contributed by atoms with E-state index in [0.29, 0.717) is 5.52 Å². The van der Waals surface area contributed by atoms with Crippen LogP contribution in [0.5, 0.6) is 0 Å². The van der Waals surface area contributed by atoms with E-state index in [1.807, 2.05) is 0 Å². The number of rotatable bonds is 3. The number of carbonyl (C=O) groups is 1. The van der Waals surface area contributed by atoms with Crippen LogP contribution in [0.1, 0.15) is 31.2 Å². The van der Waals surface area contributed by atoms with Gasteiger partial charge in [-0.2, -0.15) is 0 Å². The summed E-state index contributed by atoms with van der Waals surface area (Å²) in [5.41, 5.74) is 1.53. The average molecular weight is 290 g/mol. The van der Waals surface area contributed by atoms with Gasteiger partial charge in [0, 0.05) is 17.1 Å². The summed E-state index contributed by atoms with van der Waals surface area (Å²) in [7, 11) is 0. The SMILES string of the molecule is O=C(Cc1c[nH]c2cc(F)ccc12)NC1CCCCC1O. The van der Waals surface area contributed by atoms with E-state index in [9.17, 15) is 14.3 Å². The molecule has 0 aliphatic heterocycles. The van der Waals surface area contributed by atoms with Gasteiger partial charge in [0.25, 0.3) is 0 Å². The Kier molecular flexibility index (Phi) is 3.92. The first-order chi connectivity index (χ1) is 10.1. The number of aliphatic hydroxyl groups is 1. The summed E-state index contributed by atoms with van der Waals surface area (Å²) in [6.07, 6.45) is 5.15. The summed E-state index contributed by atoms with van der Waals surface area (Å²) in [6.45, 7) is 0. The van der Waals surface area contributed by atoms with Crippen LogP contribution in [-0.2, 0) is 11.2 Å². The molecule has 0 spiro atoms. The van der Waals surface area contributed by atoms with E-state index in [2.05, 4.69) is 10.3 Å². The summed E-state index contributed by atoms with van der Waals surface area (Å²) in [4.78, 5) is 15.1. The van der Waals surface area contributed by atoms with Crippen LogP contribution in [0.15, 0.2) is 24.4 Å². The lowest BCUT2D eigenvalue weighted by Crippen LogP contribution is -2.45. The number of carbonyl (C=O) groups excluding carboxylic acids is 1. The van der Waals surface area contributed by atoms with E-state index in [1.54, 1.807) is 12.3 Å². The van der Waals surface area contributed by atoms with Crippen molar-refractivity contribution in [1.82, 2.24) is 10.3 Å². The highest BCUT2D eigenvalue weighted by Gasteiger charge is 2.24. The Morgan fingerprint density at radius 2 is 2.19 bits per heavy atom. The highest BCUT2D eigenvalue weighted by molar-refractivity contribution is 5.89. The van der Waals surface area contributed by atoms with Crippen molar-refractivity contribution in [1.29, 1.82) is 0 Å². The fourth-order valence-corrected chi connectivity index (χ4v) is 3.02. The third kappa shape index (κ3) is 3.08. The normalized spacial score (nSPS) is 22.4. The zero-order valence-electron chi connectivity index (χ0n) is 11.7. The fraction of sp³-hybridized carbons (Fsp3) is 0.438. The summed E-state index contributed by atoms with van der Waals surface area (Å²) < 4.78 is 13.1. The molecule has 1 aliphatic carbocycles. The number of hydrogen-bond donors (Lipinski definition) is 3.